The van der Waals surface area contributed by atoms with Crippen LogP contribution in [-0.4, -0.2) is 13.1 Å². The van der Waals surface area contributed by atoms with Crippen LogP contribution in [0.2, 0.25) is 0 Å². The topological polar surface area (TPSA) is 53.0 Å². The molecule has 0 radical (unpaired) electrons. The molecule has 0 saturated heterocycles. The van der Waals surface area contributed by atoms with Gasteiger partial charge in [-0.25, -0.2) is 0 Å². The molecule has 0 spiro atoms. The first-order valence-corrected chi connectivity index (χ1v) is 6.82. The highest BCUT2D eigenvalue weighted by molar-refractivity contribution is 5.51. The van der Waals surface area contributed by atoms with Crippen molar-refractivity contribution in [2.45, 2.75) is 13.0 Å². The van der Waals surface area contributed by atoms with E-state index in [0.717, 1.165) is 25.2 Å². The van der Waals surface area contributed by atoms with Crippen LogP contribution in [0.3, 0.4) is 0 Å². The maximum Gasteiger partial charge on any atom is 0.0992 e. The van der Waals surface area contributed by atoms with Gasteiger partial charge in [0.2, 0.25) is 0 Å². The second-order valence-corrected chi connectivity index (χ2v) is 4.71. The predicted octanol–water partition coefficient (Wildman–Crippen LogP) is 2.91. The van der Waals surface area contributed by atoms with Crippen LogP contribution in [0.4, 0.5) is 5.69 Å². The first-order valence-electron chi connectivity index (χ1n) is 6.82. The minimum atomic E-state index is 0.670. The largest absolute Gasteiger partial charge is 0.367 e. The highest BCUT2D eigenvalue weighted by atomic mass is 15.1. The number of rotatable bonds is 6. The van der Waals surface area contributed by atoms with E-state index in [1.165, 1.54) is 5.56 Å². The summed E-state index contributed by atoms with van der Waals surface area (Å²) in [5.41, 5.74) is 8.64. The Hall–Kier alpha value is -2.31. The van der Waals surface area contributed by atoms with Gasteiger partial charge in [0.25, 0.3) is 0 Å². The minimum Gasteiger partial charge on any atom is -0.367 e. The van der Waals surface area contributed by atoms with E-state index in [2.05, 4.69) is 23.1 Å². The quantitative estimate of drug-likeness (QED) is 0.873. The van der Waals surface area contributed by atoms with Crippen molar-refractivity contribution in [3.63, 3.8) is 0 Å². The standard InChI is InChI=1S/C17H19N3/c18-10-5-11-20(14-15-6-2-1-3-7-15)17-9-4-8-16(12-17)13-19/h1-4,6-9,12H,5,10-11,14,18H2. The summed E-state index contributed by atoms with van der Waals surface area (Å²) in [6, 6.07) is 20.2. The molecule has 0 aromatic heterocycles. The predicted molar refractivity (Wildman–Crippen MR) is 82.3 cm³/mol. The molecule has 0 heterocycles. The van der Waals surface area contributed by atoms with Gasteiger partial charge in [0.05, 0.1) is 11.6 Å². The lowest BCUT2D eigenvalue weighted by atomic mass is 10.1. The highest BCUT2D eigenvalue weighted by Gasteiger charge is 2.07. The Morgan fingerprint density at radius 3 is 2.55 bits per heavy atom. The lowest BCUT2D eigenvalue weighted by Crippen LogP contribution is -2.25. The molecule has 2 N–H and O–H groups in total. The summed E-state index contributed by atoms with van der Waals surface area (Å²) in [6.45, 7) is 2.39. The maximum absolute atomic E-state index is 9.02. The molecule has 102 valence electrons. The van der Waals surface area contributed by atoms with Gasteiger partial charge < -0.3 is 10.6 Å². The monoisotopic (exact) mass is 265 g/mol. The average Bonchev–Trinajstić information content (AvgIpc) is 2.52. The van der Waals surface area contributed by atoms with Crippen molar-refractivity contribution in [2.24, 2.45) is 5.73 Å². The van der Waals surface area contributed by atoms with Crippen molar-refractivity contribution in [2.75, 3.05) is 18.0 Å². The van der Waals surface area contributed by atoms with Gasteiger partial charge in [0.1, 0.15) is 0 Å². The minimum absolute atomic E-state index is 0.670. The van der Waals surface area contributed by atoms with Gasteiger partial charge in [-0.1, -0.05) is 36.4 Å². The molecular weight excluding hydrogens is 246 g/mol. The molecule has 0 unspecified atom stereocenters. The van der Waals surface area contributed by atoms with Gasteiger partial charge in [-0.3, -0.25) is 0 Å². The zero-order valence-electron chi connectivity index (χ0n) is 11.5. The molecular formula is C17H19N3. The van der Waals surface area contributed by atoms with Crippen LogP contribution < -0.4 is 10.6 Å². The van der Waals surface area contributed by atoms with Gasteiger partial charge >= 0.3 is 0 Å². The van der Waals surface area contributed by atoms with Crippen molar-refractivity contribution < 1.29 is 0 Å². The maximum atomic E-state index is 9.02. The Morgan fingerprint density at radius 1 is 1.05 bits per heavy atom. The third kappa shape index (κ3) is 3.84. The Kier molecular flexibility index (Phi) is 5.16. The van der Waals surface area contributed by atoms with Crippen molar-refractivity contribution in [1.82, 2.24) is 0 Å². The van der Waals surface area contributed by atoms with Crippen LogP contribution in [-0.2, 0) is 6.54 Å². The van der Waals surface area contributed by atoms with Crippen molar-refractivity contribution in [1.29, 1.82) is 5.26 Å². The summed E-state index contributed by atoms with van der Waals surface area (Å²) in [5.74, 6) is 0. The third-order valence-electron chi connectivity index (χ3n) is 3.19. The fraction of sp³-hybridized carbons (Fsp3) is 0.235. The Labute approximate surface area is 120 Å². The van der Waals surface area contributed by atoms with Gasteiger partial charge in [-0.2, -0.15) is 5.26 Å². The number of hydrogen-bond acceptors (Lipinski definition) is 3. The molecule has 0 amide bonds. The molecule has 0 saturated carbocycles. The normalized spacial score (nSPS) is 10.0. The summed E-state index contributed by atoms with van der Waals surface area (Å²) in [4.78, 5) is 2.27. The first kappa shape index (κ1) is 14.1. The Bertz CT molecular complexity index is 572. The number of nitriles is 1. The molecule has 0 aliphatic carbocycles. The van der Waals surface area contributed by atoms with Crippen molar-refractivity contribution in [3.8, 4) is 6.07 Å². The van der Waals surface area contributed by atoms with Crippen molar-refractivity contribution in [3.05, 3.63) is 65.7 Å². The van der Waals surface area contributed by atoms with E-state index in [1.54, 1.807) is 0 Å². The van der Waals surface area contributed by atoms with E-state index in [-0.39, 0.29) is 0 Å². The SMILES string of the molecule is N#Cc1cccc(N(CCCN)Cc2ccccc2)c1. The average molecular weight is 265 g/mol. The molecule has 0 bridgehead atoms. The van der Waals surface area contributed by atoms with Gasteiger partial charge in [0, 0.05) is 18.8 Å². The van der Waals surface area contributed by atoms with Crippen LogP contribution in [0.5, 0.6) is 0 Å². The lowest BCUT2D eigenvalue weighted by molar-refractivity contribution is 0.736. The molecule has 0 atom stereocenters. The van der Waals surface area contributed by atoms with E-state index in [4.69, 9.17) is 11.0 Å². The second kappa shape index (κ2) is 7.32. The summed E-state index contributed by atoms with van der Waals surface area (Å²) in [5, 5.41) is 9.02. The Morgan fingerprint density at radius 2 is 1.85 bits per heavy atom. The van der Waals surface area contributed by atoms with Crippen LogP contribution in [0.15, 0.2) is 54.6 Å². The summed E-state index contributed by atoms with van der Waals surface area (Å²) >= 11 is 0. The number of nitrogens with zero attached hydrogens (tertiary/aromatic N) is 2. The van der Waals surface area contributed by atoms with Crippen molar-refractivity contribution >= 4 is 5.69 Å². The van der Waals surface area contributed by atoms with Gasteiger partial charge in [-0.05, 0) is 36.7 Å². The number of anilines is 1. The molecule has 2 aromatic rings. The van der Waals surface area contributed by atoms with E-state index >= 15 is 0 Å². The Balaban J connectivity index is 2.20. The third-order valence-corrected chi connectivity index (χ3v) is 3.19. The highest BCUT2D eigenvalue weighted by Crippen LogP contribution is 2.19. The zero-order valence-corrected chi connectivity index (χ0v) is 11.5. The molecule has 0 aliphatic rings. The second-order valence-electron chi connectivity index (χ2n) is 4.71. The fourth-order valence-corrected chi connectivity index (χ4v) is 2.16. The van der Waals surface area contributed by atoms with Gasteiger partial charge in [-0.15, -0.1) is 0 Å². The number of nitrogens with two attached hydrogens (primary N) is 1. The van der Waals surface area contributed by atoms with Crippen LogP contribution in [0, 0.1) is 11.3 Å². The zero-order chi connectivity index (χ0) is 14.2. The van der Waals surface area contributed by atoms with Crippen LogP contribution in [0.1, 0.15) is 17.5 Å². The van der Waals surface area contributed by atoms with E-state index in [9.17, 15) is 0 Å². The first-order chi connectivity index (χ1) is 9.83. The molecule has 3 nitrogen and oxygen atoms in total. The lowest BCUT2D eigenvalue weighted by Gasteiger charge is -2.25. The summed E-state index contributed by atoms with van der Waals surface area (Å²) in [7, 11) is 0. The summed E-state index contributed by atoms with van der Waals surface area (Å²) < 4.78 is 0. The van der Waals surface area contributed by atoms with E-state index < -0.39 is 0 Å². The molecule has 2 rings (SSSR count). The smallest absolute Gasteiger partial charge is 0.0992 e. The molecule has 2 aromatic carbocycles. The van der Waals surface area contributed by atoms with E-state index in [0.29, 0.717) is 12.1 Å². The van der Waals surface area contributed by atoms with Crippen LogP contribution in [0.25, 0.3) is 0 Å². The van der Waals surface area contributed by atoms with E-state index in [1.807, 2.05) is 42.5 Å². The number of benzene rings is 2. The van der Waals surface area contributed by atoms with Crippen LogP contribution >= 0.6 is 0 Å². The fourth-order valence-electron chi connectivity index (χ4n) is 2.16. The molecule has 0 fully saturated rings. The molecule has 3 heteroatoms. The molecule has 0 aliphatic heterocycles. The van der Waals surface area contributed by atoms with Gasteiger partial charge in [0.15, 0.2) is 0 Å². The number of hydrogen-bond donors (Lipinski definition) is 1. The summed E-state index contributed by atoms with van der Waals surface area (Å²) in [6.07, 6.45) is 0.934. The molecule has 20 heavy (non-hydrogen) atoms.